The van der Waals surface area contributed by atoms with Crippen molar-refractivity contribution in [2.24, 2.45) is 0 Å². The number of anilines is 1. The maximum absolute atomic E-state index is 12.7. The number of Topliss-reactive ketones (excluding diaryl/α,β-unsaturated/α-hetero) is 1. The molecular formula is C29H23NO5. The lowest BCUT2D eigenvalue weighted by molar-refractivity contribution is 0.0475. The van der Waals surface area contributed by atoms with Gasteiger partial charge in [-0.3, -0.25) is 9.59 Å². The Balaban J connectivity index is 1.39. The first kappa shape index (κ1) is 23.4. The van der Waals surface area contributed by atoms with E-state index in [0.29, 0.717) is 16.9 Å². The Morgan fingerprint density at radius 3 is 1.97 bits per heavy atom. The van der Waals surface area contributed by atoms with Crippen molar-refractivity contribution >= 4 is 23.3 Å². The van der Waals surface area contributed by atoms with Crippen molar-refractivity contribution in [2.45, 2.75) is 0 Å². The molecule has 0 aliphatic rings. The maximum Gasteiger partial charge on any atom is 0.340 e. The summed E-state index contributed by atoms with van der Waals surface area (Å²) in [5, 5.41) is 2.72. The van der Waals surface area contributed by atoms with Gasteiger partial charge >= 0.3 is 5.97 Å². The zero-order chi connectivity index (χ0) is 24.6. The van der Waals surface area contributed by atoms with Gasteiger partial charge in [0.2, 0.25) is 0 Å². The molecular weight excluding hydrogens is 442 g/mol. The number of para-hydroxylation sites is 1. The summed E-state index contributed by atoms with van der Waals surface area (Å²) >= 11 is 0. The highest BCUT2D eigenvalue weighted by molar-refractivity contribution is 6.08. The van der Waals surface area contributed by atoms with Gasteiger partial charge in [0, 0.05) is 11.1 Å². The molecule has 4 rings (SSSR count). The second-order valence-corrected chi connectivity index (χ2v) is 7.67. The van der Waals surface area contributed by atoms with Crippen LogP contribution >= 0.6 is 0 Å². The zero-order valence-electron chi connectivity index (χ0n) is 19.1. The van der Waals surface area contributed by atoms with Crippen LogP contribution in [0.3, 0.4) is 0 Å². The highest BCUT2D eigenvalue weighted by Gasteiger charge is 2.17. The van der Waals surface area contributed by atoms with Gasteiger partial charge in [-0.2, -0.15) is 0 Å². The third-order valence-electron chi connectivity index (χ3n) is 5.40. The minimum Gasteiger partial charge on any atom is -0.497 e. The van der Waals surface area contributed by atoms with Crippen molar-refractivity contribution in [3.05, 3.63) is 120 Å². The van der Waals surface area contributed by atoms with Gasteiger partial charge in [0.1, 0.15) is 5.75 Å². The summed E-state index contributed by atoms with van der Waals surface area (Å²) in [6.07, 6.45) is 0. The molecule has 0 unspecified atom stereocenters. The Bertz CT molecular complexity index is 1330. The molecule has 0 saturated carbocycles. The number of methoxy groups -OCH3 is 1. The maximum atomic E-state index is 12.7. The molecule has 0 aromatic heterocycles. The molecule has 0 atom stereocenters. The second kappa shape index (κ2) is 10.9. The molecule has 0 aliphatic carbocycles. The van der Waals surface area contributed by atoms with E-state index in [0.717, 1.165) is 11.1 Å². The Labute approximate surface area is 203 Å². The van der Waals surface area contributed by atoms with Gasteiger partial charge in [-0.1, -0.05) is 66.7 Å². The summed E-state index contributed by atoms with van der Waals surface area (Å²) in [6, 6.07) is 30.0. The number of amides is 1. The highest BCUT2D eigenvalue weighted by Crippen LogP contribution is 2.21. The normalized spacial score (nSPS) is 10.3. The number of nitrogens with one attached hydrogen (secondary N) is 1. The third-order valence-corrected chi connectivity index (χ3v) is 5.40. The second-order valence-electron chi connectivity index (χ2n) is 7.67. The number of benzene rings is 4. The van der Waals surface area contributed by atoms with Crippen molar-refractivity contribution in [2.75, 3.05) is 19.0 Å². The molecule has 0 heterocycles. The Kier molecular flexibility index (Phi) is 7.33. The van der Waals surface area contributed by atoms with Crippen LogP contribution in [0.15, 0.2) is 103 Å². The lowest BCUT2D eigenvalue weighted by atomic mass is 10.0. The topological polar surface area (TPSA) is 81.7 Å². The molecule has 4 aromatic rings. The quantitative estimate of drug-likeness (QED) is 0.268. The van der Waals surface area contributed by atoms with Crippen molar-refractivity contribution in [3.8, 4) is 16.9 Å². The monoisotopic (exact) mass is 465 g/mol. The molecule has 1 amide bonds. The Morgan fingerprint density at radius 2 is 1.29 bits per heavy atom. The molecule has 0 saturated heterocycles. The molecule has 4 aromatic carbocycles. The number of carbonyl (C=O) groups excluding carboxylic acids is 3. The molecule has 0 aliphatic heterocycles. The van der Waals surface area contributed by atoms with Crippen LogP contribution in [-0.2, 0) is 4.74 Å². The van der Waals surface area contributed by atoms with Gasteiger partial charge < -0.3 is 14.8 Å². The van der Waals surface area contributed by atoms with Gasteiger partial charge in [0.15, 0.2) is 12.4 Å². The van der Waals surface area contributed by atoms with Gasteiger partial charge in [-0.15, -0.1) is 0 Å². The summed E-state index contributed by atoms with van der Waals surface area (Å²) in [6.45, 7) is -0.412. The van der Waals surface area contributed by atoms with E-state index in [4.69, 9.17) is 9.47 Å². The first-order valence-corrected chi connectivity index (χ1v) is 11.0. The van der Waals surface area contributed by atoms with Crippen molar-refractivity contribution in [1.29, 1.82) is 0 Å². The number of ether oxygens (including phenoxy) is 2. The van der Waals surface area contributed by atoms with E-state index >= 15 is 0 Å². The third kappa shape index (κ3) is 5.81. The summed E-state index contributed by atoms with van der Waals surface area (Å²) < 4.78 is 10.4. The van der Waals surface area contributed by atoms with Gasteiger partial charge in [0.25, 0.3) is 5.91 Å². The van der Waals surface area contributed by atoms with Crippen molar-refractivity contribution in [1.82, 2.24) is 0 Å². The van der Waals surface area contributed by atoms with Crippen LogP contribution < -0.4 is 10.1 Å². The predicted molar refractivity (Wildman–Crippen MR) is 134 cm³/mol. The first-order chi connectivity index (χ1) is 17.0. The Morgan fingerprint density at radius 1 is 0.686 bits per heavy atom. The number of esters is 1. The van der Waals surface area contributed by atoms with Crippen LogP contribution in [0.5, 0.6) is 5.75 Å². The van der Waals surface area contributed by atoms with E-state index in [1.54, 1.807) is 61.7 Å². The van der Waals surface area contributed by atoms with Crippen LogP contribution in [0, 0.1) is 0 Å². The average molecular weight is 466 g/mol. The summed E-state index contributed by atoms with van der Waals surface area (Å²) in [4.78, 5) is 37.9. The molecule has 0 bridgehead atoms. The minimum atomic E-state index is -0.704. The fourth-order valence-corrected chi connectivity index (χ4v) is 3.48. The average Bonchev–Trinajstić information content (AvgIpc) is 2.92. The molecule has 1 N–H and O–H groups in total. The fraction of sp³-hybridized carbons (Fsp3) is 0.0690. The molecule has 35 heavy (non-hydrogen) atoms. The Hall–Kier alpha value is -4.71. The lowest BCUT2D eigenvalue weighted by Gasteiger charge is -2.11. The summed E-state index contributed by atoms with van der Waals surface area (Å²) in [5.74, 6) is -0.782. The number of hydrogen-bond acceptors (Lipinski definition) is 5. The molecule has 174 valence electrons. The van der Waals surface area contributed by atoms with Crippen molar-refractivity contribution < 1.29 is 23.9 Å². The van der Waals surface area contributed by atoms with Gasteiger partial charge in [-0.25, -0.2) is 4.79 Å². The van der Waals surface area contributed by atoms with E-state index in [2.05, 4.69) is 5.32 Å². The van der Waals surface area contributed by atoms with Crippen LogP contribution in [0.1, 0.15) is 31.1 Å². The molecule has 0 radical (unpaired) electrons. The van der Waals surface area contributed by atoms with E-state index in [-0.39, 0.29) is 22.9 Å². The first-order valence-electron chi connectivity index (χ1n) is 11.0. The van der Waals surface area contributed by atoms with E-state index in [9.17, 15) is 14.4 Å². The molecule has 0 spiro atoms. The number of ketones is 1. The molecule has 6 nitrogen and oxygen atoms in total. The zero-order valence-corrected chi connectivity index (χ0v) is 19.1. The van der Waals surface area contributed by atoms with Gasteiger partial charge in [0.05, 0.1) is 18.4 Å². The van der Waals surface area contributed by atoms with Crippen LogP contribution in [0.4, 0.5) is 5.69 Å². The van der Waals surface area contributed by atoms with E-state index < -0.39 is 12.6 Å². The number of hydrogen-bond donors (Lipinski definition) is 1. The highest BCUT2D eigenvalue weighted by atomic mass is 16.5. The summed E-state index contributed by atoms with van der Waals surface area (Å²) in [7, 11) is 1.54. The SMILES string of the molecule is COc1ccc(C(=O)Nc2ccccc2C(=O)OCC(=O)c2ccc(-c3ccccc3)cc2)cc1. The van der Waals surface area contributed by atoms with Crippen LogP contribution in [0.25, 0.3) is 11.1 Å². The standard InChI is InChI=1S/C29H23NO5/c1-34-24-17-15-23(16-18-24)28(32)30-26-10-6-5-9-25(26)29(33)35-19-27(31)22-13-11-21(12-14-22)20-7-3-2-4-8-20/h2-18H,19H2,1H3,(H,30,32). The largest absolute Gasteiger partial charge is 0.497 e. The van der Waals surface area contributed by atoms with E-state index in [1.165, 1.54) is 6.07 Å². The predicted octanol–water partition coefficient (Wildman–Crippen LogP) is 5.65. The summed E-state index contributed by atoms with van der Waals surface area (Å²) in [5.41, 5.74) is 3.33. The fourth-order valence-electron chi connectivity index (χ4n) is 3.48. The number of carbonyl (C=O) groups is 3. The molecule has 6 heteroatoms. The van der Waals surface area contributed by atoms with Gasteiger partial charge in [-0.05, 0) is 47.5 Å². The smallest absolute Gasteiger partial charge is 0.340 e. The number of rotatable bonds is 8. The van der Waals surface area contributed by atoms with Crippen molar-refractivity contribution in [3.63, 3.8) is 0 Å². The minimum absolute atomic E-state index is 0.154. The molecule has 0 fully saturated rings. The van der Waals surface area contributed by atoms with Crippen LogP contribution in [0.2, 0.25) is 0 Å². The van der Waals surface area contributed by atoms with Crippen LogP contribution in [-0.4, -0.2) is 31.4 Å². The van der Waals surface area contributed by atoms with E-state index in [1.807, 2.05) is 42.5 Å². The lowest BCUT2D eigenvalue weighted by Crippen LogP contribution is -2.18.